The van der Waals surface area contributed by atoms with Crippen molar-refractivity contribution in [3.05, 3.63) is 30.3 Å². The first kappa shape index (κ1) is 13.8. The first-order valence-corrected chi connectivity index (χ1v) is 6.37. The van der Waals surface area contributed by atoms with Gasteiger partial charge in [0.2, 0.25) is 5.91 Å². The molecular formula is C13H18ClNO2. The van der Waals surface area contributed by atoms with Crippen molar-refractivity contribution in [2.75, 3.05) is 19.0 Å². The summed E-state index contributed by atoms with van der Waals surface area (Å²) in [6.07, 6.45) is 2.04. The van der Waals surface area contributed by atoms with Crippen LogP contribution in [-0.2, 0) is 4.79 Å². The van der Waals surface area contributed by atoms with E-state index in [-0.39, 0.29) is 5.91 Å². The van der Waals surface area contributed by atoms with Crippen LogP contribution < -0.4 is 10.1 Å². The van der Waals surface area contributed by atoms with Crippen molar-refractivity contribution >= 4 is 17.5 Å². The Kier molecular flexibility index (Phi) is 7.23. The van der Waals surface area contributed by atoms with E-state index in [0.29, 0.717) is 25.5 Å². The third kappa shape index (κ3) is 6.84. The van der Waals surface area contributed by atoms with Gasteiger partial charge in [0.1, 0.15) is 5.75 Å². The summed E-state index contributed by atoms with van der Waals surface area (Å²) in [6.45, 7) is 1.26. The Morgan fingerprint density at radius 1 is 1.24 bits per heavy atom. The van der Waals surface area contributed by atoms with E-state index in [4.69, 9.17) is 16.3 Å². The van der Waals surface area contributed by atoms with E-state index in [1.54, 1.807) is 0 Å². The van der Waals surface area contributed by atoms with Crippen molar-refractivity contribution < 1.29 is 9.53 Å². The van der Waals surface area contributed by atoms with Gasteiger partial charge in [0, 0.05) is 18.8 Å². The smallest absolute Gasteiger partial charge is 0.220 e. The fraction of sp³-hybridized carbons (Fsp3) is 0.462. The zero-order valence-electron chi connectivity index (χ0n) is 9.82. The largest absolute Gasteiger partial charge is 0.494 e. The second-order valence-electron chi connectivity index (χ2n) is 3.66. The van der Waals surface area contributed by atoms with Crippen molar-refractivity contribution in [3.8, 4) is 5.75 Å². The third-order valence-electron chi connectivity index (χ3n) is 2.19. The highest BCUT2D eigenvalue weighted by molar-refractivity contribution is 6.17. The van der Waals surface area contributed by atoms with E-state index in [1.165, 1.54) is 0 Å². The zero-order chi connectivity index (χ0) is 12.3. The molecule has 0 fully saturated rings. The summed E-state index contributed by atoms with van der Waals surface area (Å²) in [5.74, 6) is 1.45. The molecule has 0 aliphatic heterocycles. The number of hydrogen-bond donors (Lipinski definition) is 1. The van der Waals surface area contributed by atoms with Crippen molar-refractivity contribution in [1.29, 1.82) is 0 Å². The number of para-hydroxylation sites is 1. The average Bonchev–Trinajstić information content (AvgIpc) is 2.37. The van der Waals surface area contributed by atoms with E-state index in [1.807, 2.05) is 30.3 Å². The SMILES string of the molecule is O=C(CCCCl)NCCCOc1ccccc1. The maximum Gasteiger partial charge on any atom is 0.220 e. The number of benzene rings is 1. The number of ether oxygens (including phenoxy) is 1. The second-order valence-corrected chi connectivity index (χ2v) is 4.04. The molecule has 1 aromatic carbocycles. The lowest BCUT2D eigenvalue weighted by Gasteiger charge is -2.06. The number of halogens is 1. The number of carbonyl (C=O) groups excluding carboxylic acids is 1. The molecule has 3 nitrogen and oxygen atoms in total. The molecule has 0 saturated carbocycles. The zero-order valence-corrected chi connectivity index (χ0v) is 10.6. The molecule has 0 heterocycles. The summed E-state index contributed by atoms with van der Waals surface area (Å²) in [4.78, 5) is 11.2. The molecule has 0 radical (unpaired) electrons. The molecule has 1 N–H and O–H groups in total. The van der Waals surface area contributed by atoms with Crippen molar-refractivity contribution in [2.24, 2.45) is 0 Å². The minimum absolute atomic E-state index is 0.0605. The van der Waals surface area contributed by atoms with Crippen LogP contribution in [0.1, 0.15) is 19.3 Å². The fourth-order valence-corrected chi connectivity index (χ4v) is 1.46. The van der Waals surface area contributed by atoms with Gasteiger partial charge in [-0.05, 0) is 25.0 Å². The highest BCUT2D eigenvalue weighted by Crippen LogP contribution is 2.07. The number of nitrogens with one attached hydrogen (secondary N) is 1. The van der Waals surface area contributed by atoms with Crippen LogP contribution in [0.2, 0.25) is 0 Å². The summed E-state index contributed by atoms with van der Waals surface area (Å²) in [5, 5.41) is 2.83. The van der Waals surface area contributed by atoms with Crippen LogP contribution in [-0.4, -0.2) is 24.9 Å². The van der Waals surface area contributed by atoms with Crippen molar-refractivity contribution in [3.63, 3.8) is 0 Å². The molecule has 1 rings (SSSR count). The number of rotatable bonds is 8. The molecule has 0 spiro atoms. The maximum absolute atomic E-state index is 11.2. The summed E-state index contributed by atoms with van der Waals surface area (Å²) < 4.78 is 5.50. The van der Waals surface area contributed by atoms with Gasteiger partial charge in [-0.15, -0.1) is 11.6 Å². The number of hydrogen-bond acceptors (Lipinski definition) is 2. The Morgan fingerprint density at radius 2 is 2.00 bits per heavy atom. The van der Waals surface area contributed by atoms with Gasteiger partial charge in [-0.2, -0.15) is 0 Å². The molecule has 94 valence electrons. The van der Waals surface area contributed by atoms with E-state index in [2.05, 4.69) is 5.32 Å². The van der Waals surface area contributed by atoms with Crippen LogP contribution in [0.25, 0.3) is 0 Å². The Labute approximate surface area is 107 Å². The normalized spacial score (nSPS) is 9.94. The monoisotopic (exact) mass is 255 g/mol. The van der Waals surface area contributed by atoms with Gasteiger partial charge in [0.15, 0.2) is 0 Å². The molecular weight excluding hydrogens is 238 g/mol. The van der Waals surface area contributed by atoms with Crippen LogP contribution >= 0.6 is 11.6 Å². The quantitative estimate of drug-likeness (QED) is 0.573. The van der Waals surface area contributed by atoms with Gasteiger partial charge >= 0.3 is 0 Å². The van der Waals surface area contributed by atoms with Crippen LogP contribution in [0.15, 0.2) is 30.3 Å². The standard InChI is InChI=1S/C13H18ClNO2/c14-9-4-8-13(16)15-10-5-11-17-12-6-2-1-3-7-12/h1-3,6-7H,4-5,8-11H2,(H,15,16). The number of carbonyl (C=O) groups is 1. The first-order chi connectivity index (χ1) is 8.33. The van der Waals surface area contributed by atoms with Crippen molar-refractivity contribution in [2.45, 2.75) is 19.3 Å². The van der Waals surface area contributed by atoms with Gasteiger partial charge in [0.25, 0.3) is 0 Å². The lowest BCUT2D eigenvalue weighted by molar-refractivity contribution is -0.121. The van der Waals surface area contributed by atoms with Gasteiger partial charge in [0.05, 0.1) is 6.61 Å². The molecule has 17 heavy (non-hydrogen) atoms. The highest BCUT2D eigenvalue weighted by Gasteiger charge is 1.99. The molecule has 4 heteroatoms. The Hall–Kier alpha value is -1.22. The molecule has 0 atom stereocenters. The summed E-state index contributed by atoms with van der Waals surface area (Å²) in [5.41, 5.74) is 0. The number of amides is 1. The van der Waals surface area contributed by atoms with Crippen LogP contribution in [0, 0.1) is 0 Å². The topological polar surface area (TPSA) is 38.3 Å². The average molecular weight is 256 g/mol. The van der Waals surface area contributed by atoms with E-state index >= 15 is 0 Å². The van der Waals surface area contributed by atoms with Crippen LogP contribution in [0.5, 0.6) is 5.75 Å². The minimum Gasteiger partial charge on any atom is -0.494 e. The van der Waals surface area contributed by atoms with Crippen LogP contribution in [0.3, 0.4) is 0 Å². The van der Waals surface area contributed by atoms with Crippen LogP contribution in [0.4, 0.5) is 0 Å². The summed E-state index contributed by atoms with van der Waals surface area (Å²) >= 11 is 5.50. The Morgan fingerprint density at radius 3 is 2.71 bits per heavy atom. The molecule has 0 unspecified atom stereocenters. The van der Waals surface area contributed by atoms with Gasteiger partial charge in [-0.25, -0.2) is 0 Å². The molecule has 0 aliphatic rings. The Balaban J connectivity index is 1.99. The lowest BCUT2D eigenvalue weighted by atomic mass is 10.3. The molecule has 0 bridgehead atoms. The van der Waals surface area contributed by atoms with Gasteiger partial charge in [-0.1, -0.05) is 18.2 Å². The molecule has 1 aromatic rings. The molecule has 1 amide bonds. The number of alkyl halides is 1. The van der Waals surface area contributed by atoms with E-state index in [0.717, 1.165) is 18.6 Å². The predicted molar refractivity (Wildman–Crippen MR) is 69.5 cm³/mol. The molecule has 0 saturated heterocycles. The third-order valence-corrected chi connectivity index (χ3v) is 2.46. The first-order valence-electron chi connectivity index (χ1n) is 5.83. The van der Waals surface area contributed by atoms with E-state index < -0.39 is 0 Å². The maximum atomic E-state index is 11.2. The second kappa shape index (κ2) is 8.88. The summed E-state index contributed by atoms with van der Waals surface area (Å²) in [7, 11) is 0. The van der Waals surface area contributed by atoms with E-state index in [9.17, 15) is 4.79 Å². The molecule has 0 aromatic heterocycles. The lowest BCUT2D eigenvalue weighted by Crippen LogP contribution is -2.25. The highest BCUT2D eigenvalue weighted by atomic mass is 35.5. The predicted octanol–water partition coefficient (Wildman–Crippen LogP) is 2.59. The van der Waals surface area contributed by atoms with Crippen molar-refractivity contribution in [1.82, 2.24) is 5.32 Å². The molecule has 0 aliphatic carbocycles. The minimum atomic E-state index is 0.0605. The Bertz CT molecular complexity index is 316. The summed E-state index contributed by atoms with van der Waals surface area (Å²) in [6, 6.07) is 9.65. The van der Waals surface area contributed by atoms with Gasteiger partial charge < -0.3 is 10.1 Å². The fourth-order valence-electron chi connectivity index (χ4n) is 1.32. The van der Waals surface area contributed by atoms with Gasteiger partial charge in [-0.3, -0.25) is 4.79 Å².